The van der Waals surface area contributed by atoms with E-state index in [2.05, 4.69) is 0 Å². The molecule has 0 bridgehead atoms. The Bertz CT molecular complexity index is 133. The SMILES string of the molecule is C.CC1CC(=O)CC(=O)C1. The van der Waals surface area contributed by atoms with Crippen LogP contribution in [0.15, 0.2) is 0 Å². The van der Waals surface area contributed by atoms with Gasteiger partial charge in [0.25, 0.3) is 0 Å². The second kappa shape index (κ2) is 3.49. The molecule has 0 heterocycles. The molecule has 1 saturated carbocycles. The van der Waals surface area contributed by atoms with E-state index in [4.69, 9.17) is 0 Å². The third-order valence-electron chi connectivity index (χ3n) is 1.55. The van der Waals surface area contributed by atoms with Crippen LogP contribution in [-0.2, 0) is 9.59 Å². The minimum atomic E-state index is 0. The van der Waals surface area contributed by atoms with Crippen molar-refractivity contribution in [2.75, 3.05) is 0 Å². The van der Waals surface area contributed by atoms with Gasteiger partial charge >= 0.3 is 0 Å². The van der Waals surface area contributed by atoms with Gasteiger partial charge in [0, 0.05) is 12.8 Å². The van der Waals surface area contributed by atoms with E-state index in [1.807, 2.05) is 6.92 Å². The highest BCUT2D eigenvalue weighted by Gasteiger charge is 2.21. The third-order valence-corrected chi connectivity index (χ3v) is 1.55. The highest BCUT2D eigenvalue weighted by Crippen LogP contribution is 2.16. The molecule has 1 aliphatic rings. The van der Waals surface area contributed by atoms with Crippen molar-refractivity contribution in [3.05, 3.63) is 0 Å². The van der Waals surface area contributed by atoms with Gasteiger partial charge in [0.2, 0.25) is 0 Å². The first kappa shape index (κ1) is 9.34. The largest absolute Gasteiger partial charge is 0.299 e. The monoisotopic (exact) mass is 142 g/mol. The fourth-order valence-corrected chi connectivity index (χ4v) is 1.21. The first-order valence-corrected chi connectivity index (χ1v) is 3.22. The van der Waals surface area contributed by atoms with Gasteiger partial charge in [-0.15, -0.1) is 0 Å². The van der Waals surface area contributed by atoms with Gasteiger partial charge in [-0.1, -0.05) is 14.4 Å². The maximum atomic E-state index is 10.7. The summed E-state index contributed by atoms with van der Waals surface area (Å²) in [7, 11) is 0. The minimum Gasteiger partial charge on any atom is -0.299 e. The molecule has 0 spiro atoms. The summed E-state index contributed by atoms with van der Waals surface area (Å²) in [6.07, 6.45) is 1.39. The van der Waals surface area contributed by atoms with Crippen molar-refractivity contribution in [2.24, 2.45) is 5.92 Å². The molecule has 2 heteroatoms. The van der Waals surface area contributed by atoms with Crippen molar-refractivity contribution < 1.29 is 9.59 Å². The van der Waals surface area contributed by atoms with Crippen molar-refractivity contribution in [3.8, 4) is 0 Å². The van der Waals surface area contributed by atoms with E-state index in [-0.39, 0.29) is 25.4 Å². The lowest BCUT2D eigenvalue weighted by molar-refractivity contribution is -0.130. The topological polar surface area (TPSA) is 34.1 Å². The number of carbonyl (C=O) groups excluding carboxylic acids is 2. The summed E-state index contributed by atoms with van der Waals surface area (Å²) in [6, 6.07) is 0. The van der Waals surface area contributed by atoms with Crippen LogP contribution in [0.25, 0.3) is 0 Å². The first-order chi connectivity index (χ1) is 4.18. The lowest BCUT2D eigenvalue weighted by Gasteiger charge is -2.13. The van der Waals surface area contributed by atoms with Crippen molar-refractivity contribution in [2.45, 2.75) is 33.6 Å². The van der Waals surface area contributed by atoms with Gasteiger partial charge in [-0.25, -0.2) is 0 Å². The highest BCUT2D eigenvalue weighted by atomic mass is 16.1. The molecule has 1 rings (SSSR count). The van der Waals surface area contributed by atoms with E-state index in [9.17, 15) is 9.59 Å². The van der Waals surface area contributed by atoms with Crippen LogP contribution in [0.4, 0.5) is 0 Å². The lowest BCUT2D eigenvalue weighted by Crippen LogP contribution is -2.20. The maximum Gasteiger partial charge on any atom is 0.140 e. The van der Waals surface area contributed by atoms with Crippen molar-refractivity contribution in [1.82, 2.24) is 0 Å². The van der Waals surface area contributed by atoms with Gasteiger partial charge in [0.15, 0.2) is 0 Å². The van der Waals surface area contributed by atoms with E-state index in [0.717, 1.165) is 0 Å². The molecule has 0 aromatic heterocycles. The molecule has 0 aromatic carbocycles. The molecule has 0 N–H and O–H groups in total. The zero-order valence-electron chi connectivity index (χ0n) is 5.52. The second-order valence-electron chi connectivity index (χ2n) is 2.77. The van der Waals surface area contributed by atoms with E-state index in [0.29, 0.717) is 18.8 Å². The zero-order chi connectivity index (χ0) is 6.85. The molecule has 2 nitrogen and oxygen atoms in total. The Hall–Kier alpha value is -0.660. The molecule has 1 fully saturated rings. The second-order valence-corrected chi connectivity index (χ2v) is 2.77. The maximum absolute atomic E-state index is 10.7. The molecule has 0 aliphatic heterocycles. The fraction of sp³-hybridized carbons (Fsp3) is 0.750. The van der Waals surface area contributed by atoms with Crippen LogP contribution in [-0.4, -0.2) is 11.6 Å². The molecule has 1 aliphatic carbocycles. The molecule has 0 saturated heterocycles. The molecule has 0 atom stereocenters. The smallest absolute Gasteiger partial charge is 0.140 e. The van der Waals surface area contributed by atoms with Crippen LogP contribution in [0.1, 0.15) is 33.6 Å². The van der Waals surface area contributed by atoms with Crippen LogP contribution in [0.2, 0.25) is 0 Å². The number of ketones is 2. The summed E-state index contributed by atoms with van der Waals surface area (Å²) in [6.45, 7) is 1.94. The molecular formula is C8H14O2. The summed E-state index contributed by atoms with van der Waals surface area (Å²) in [5.74, 6) is 0.510. The molecule has 0 unspecified atom stereocenters. The molecule has 0 radical (unpaired) electrons. The Kier molecular flexibility index (Phi) is 3.26. The van der Waals surface area contributed by atoms with E-state index in [1.165, 1.54) is 0 Å². The predicted octanol–water partition coefficient (Wildman–Crippen LogP) is 1.58. The summed E-state index contributed by atoms with van der Waals surface area (Å²) in [5, 5.41) is 0. The van der Waals surface area contributed by atoms with Crippen LogP contribution >= 0.6 is 0 Å². The molecule has 58 valence electrons. The highest BCUT2D eigenvalue weighted by molar-refractivity contribution is 6.01. The van der Waals surface area contributed by atoms with Crippen LogP contribution in [0, 0.1) is 5.92 Å². The Balaban J connectivity index is 0.000000810. The van der Waals surface area contributed by atoms with Gasteiger partial charge in [0.1, 0.15) is 11.6 Å². The number of hydrogen-bond acceptors (Lipinski definition) is 2. The first-order valence-electron chi connectivity index (χ1n) is 3.22. The van der Waals surface area contributed by atoms with E-state index < -0.39 is 0 Å². The molecule has 0 amide bonds. The fourth-order valence-electron chi connectivity index (χ4n) is 1.21. The van der Waals surface area contributed by atoms with Crippen LogP contribution in [0.5, 0.6) is 0 Å². The normalized spacial score (nSPS) is 20.5. The van der Waals surface area contributed by atoms with Crippen molar-refractivity contribution in [1.29, 1.82) is 0 Å². The number of Topliss-reactive ketones (excluding diaryl/α,β-unsaturated/α-hetero) is 2. The van der Waals surface area contributed by atoms with Crippen molar-refractivity contribution in [3.63, 3.8) is 0 Å². The summed E-state index contributed by atoms with van der Waals surface area (Å²) in [4.78, 5) is 21.3. The minimum absolute atomic E-state index is 0. The summed E-state index contributed by atoms with van der Waals surface area (Å²) in [5.41, 5.74) is 0. The number of hydrogen-bond donors (Lipinski definition) is 0. The quantitative estimate of drug-likeness (QED) is 0.481. The molecular weight excluding hydrogens is 128 g/mol. The van der Waals surface area contributed by atoms with E-state index >= 15 is 0 Å². The standard InChI is InChI=1S/C7H10O2.CH4/c1-5-2-6(8)4-7(9)3-5;/h5H,2-4H2,1H3;1H4. The molecule has 10 heavy (non-hydrogen) atoms. The van der Waals surface area contributed by atoms with Gasteiger partial charge in [-0.3, -0.25) is 9.59 Å². The van der Waals surface area contributed by atoms with Crippen molar-refractivity contribution >= 4 is 11.6 Å². The number of carbonyl (C=O) groups is 2. The predicted molar refractivity (Wildman–Crippen MR) is 39.8 cm³/mol. The Morgan fingerprint density at radius 3 is 1.90 bits per heavy atom. The number of rotatable bonds is 0. The Morgan fingerprint density at radius 2 is 1.60 bits per heavy atom. The van der Waals surface area contributed by atoms with Gasteiger partial charge in [-0.2, -0.15) is 0 Å². The molecule has 0 aromatic rings. The van der Waals surface area contributed by atoms with Gasteiger partial charge < -0.3 is 0 Å². The average molecular weight is 142 g/mol. The van der Waals surface area contributed by atoms with Crippen LogP contribution < -0.4 is 0 Å². The Morgan fingerprint density at radius 1 is 1.20 bits per heavy atom. The summed E-state index contributed by atoms with van der Waals surface area (Å²) >= 11 is 0. The lowest BCUT2D eigenvalue weighted by atomic mass is 9.89. The van der Waals surface area contributed by atoms with Crippen LogP contribution in [0.3, 0.4) is 0 Å². The average Bonchev–Trinajstić information content (AvgIpc) is 1.59. The zero-order valence-corrected chi connectivity index (χ0v) is 5.52. The Labute approximate surface area is 61.6 Å². The van der Waals surface area contributed by atoms with Gasteiger partial charge in [0.05, 0.1) is 6.42 Å². The van der Waals surface area contributed by atoms with Gasteiger partial charge in [-0.05, 0) is 5.92 Å². The summed E-state index contributed by atoms with van der Waals surface area (Å²) < 4.78 is 0. The third kappa shape index (κ3) is 2.29. The van der Waals surface area contributed by atoms with E-state index in [1.54, 1.807) is 0 Å².